The van der Waals surface area contributed by atoms with Crippen molar-refractivity contribution >= 4 is 0 Å². The van der Waals surface area contributed by atoms with Gasteiger partial charge in [-0.1, -0.05) is 175 Å². The average molecular weight is 560 g/mol. The standard InChI is InChI=1S/C38H75N2/c1-4-7-10-12-14-16-18-20-22-24-26-28-31-34-39-36-37-40(38(39)33-30-9-6-3)35-32-29-27-25-23-21-19-17-15-13-11-8-5-2/h36-37H,4-35H2,1-3H3/q+1. The van der Waals surface area contributed by atoms with E-state index in [1.165, 1.54) is 206 Å². The first-order valence-electron chi connectivity index (χ1n) is 18.9. The van der Waals surface area contributed by atoms with Gasteiger partial charge in [-0.2, -0.15) is 0 Å². The van der Waals surface area contributed by atoms with Gasteiger partial charge in [0.2, 0.25) is 0 Å². The van der Waals surface area contributed by atoms with Crippen LogP contribution in [0.1, 0.15) is 213 Å². The van der Waals surface area contributed by atoms with Crippen LogP contribution in [-0.2, 0) is 19.5 Å². The highest BCUT2D eigenvalue weighted by Crippen LogP contribution is 2.15. The fourth-order valence-electron chi connectivity index (χ4n) is 6.33. The summed E-state index contributed by atoms with van der Waals surface area (Å²) in [6.45, 7) is 9.40. The fourth-order valence-corrected chi connectivity index (χ4v) is 6.33. The number of unbranched alkanes of at least 4 members (excludes halogenated alkanes) is 26. The van der Waals surface area contributed by atoms with Gasteiger partial charge >= 0.3 is 0 Å². The first-order valence-corrected chi connectivity index (χ1v) is 18.9. The Labute approximate surface area is 253 Å². The first-order chi connectivity index (χ1) is 19.8. The first kappa shape index (κ1) is 37.2. The topological polar surface area (TPSA) is 8.81 Å². The molecule has 0 N–H and O–H groups in total. The summed E-state index contributed by atoms with van der Waals surface area (Å²) in [5, 5.41) is 0. The molecule has 0 aliphatic heterocycles. The van der Waals surface area contributed by atoms with Gasteiger partial charge in [-0.3, -0.25) is 0 Å². The Kier molecular flexibility index (Phi) is 27.6. The Bertz CT molecular complexity index is 572. The van der Waals surface area contributed by atoms with E-state index in [9.17, 15) is 0 Å². The molecule has 0 saturated heterocycles. The smallest absolute Gasteiger partial charge is 0.234 e. The van der Waals surface area contributed by atoms with Crippen LogP contribution in [0.2, 0.25) is 0 Å². The van der Waals surface area contributed by atoms with Crippen LogP contribution in [0.15, 0.2) is 12.4 Å². The maximum atomic E-state index is 2.61. The molecular weight excluding hydrogens is 484 g/mol. The molecule has 0 aliphatic carbocycles. The highest BCUT2D eigenvalue weighted by Gasteiger charge is 2.16. The zero-order valence-corrected chi connectivity index (χ0v) is 28.2. The maximum absolute atomic E-state index is 2.61. The molecule has 1 heterocycles. The number of hydrogen-bond acceptors (Lipinski definition) is 0. The predicted molar refractivity (Wildman–Crippen MR) is 179 cm³/mol. The van der Waals surface area contributed by atoms with E-state index in [1.807, 2.05) is 0 Å². The summed E-state index contributed by atoms with van der Waals surface area (Å²) >= 11 is 0. The molecule has 1 aromatic rings. The third-order valence-electron chi connectivity index (χ3n) is 9.10. The molecule has 0 unspecified atom stereocenters. The van der Waals surface area contributed by atoms with Gasteiger partial charge in [0.05, 0.1) is 13.1 Å². The van der Waals surface area contributed by atoms with Gasteiger partial charge in [0.1, 0.15) is 12.4 Å². The van der Waals surface area contributed by atoms with Crippen LogP contribution in [0.25, 0.3) is 0 Å². The summed E-state index contributed by atoms with van der Waals surface area (Å²) < 4.78 is 5.22. The molecule has 0 fully saturated rings. The van der Waals surface area contributed by atoms with E-state index in [2.05, 4.69) is 42.3 Å². The van der Waals surface area contributed by atoms with Gasteiger partial charge in [-0.15, -0.1) is 0 Å². The van der Waals surface area contributed by atoms with Crippen molar-refractivity contribution in [3.8, 4) is 0 Å². The molecule has 1 aromatic heterocycles. The van der Waals surface area contributed by atoms with Crippen molar-refractivity contribution in [2.75, 3.05) is 0 Å². The van der Waals surface area contributed by atoms with Crippen molar-refractivity contribution in [2.45, 2.75) is 226 Å². The van der Waals surface area contributed by atoms with Crippen LogP contribution in [0.4, 0.5) is 0 Å². The van der Waals surface area contributed by atoms with Gasteiger partial charge < -0.3 is 0 Å². The van der Waals surface area contributed by atoms with Crippen molar-refractivity contribution in [1.29, 1.82) is 0 Å². The number of hydrogen-bond donors (Lipinski definition) is 0. The second-order valence-corrected chi connectivity index (χ2v) is 13.0. The molecule has 0 bridgehead atoms. The van der Waals surface area contributed by atoms with Crippen LogP contribution in [0.3, 0.4) is 0 Å². The van der Waals surface area contributed by atoms with Crippen LogP contribution in [0.5, 0.6) is 0 Å². The lowest BCUT2D eigenvalue weighted by Gasteiger charge is -2.07. The van der Waals surface area contributed by atoms with Crippen molar-refractivity contribution in [1.82, 2.24) is 4.57 Å². The Balaban J connectivity index is 2.13. The van der Waals surface area contributed by atoms with Crippen LogP contribution in [0, 0.1) is 0 Å². The van der Waals surface area contributed by atoms with Gasteiger partial charge in [0, 0.05) is 6.42 Å². The second kappa shape index (κ2) is 29.7. The Hall–Kier alpha value is -0.790. The van der Waals surface area contributed by atoms with Gasteiger partial charge in [0.15, 0.2) is 0 Å². The van der Waals surface area contributed by atoms with E-state index >= 15 is 0 Å². The summed E-state index contributed by atoms with van der Waals surface area (Å²) in [7, 11) is 0. The van der Waals surface area contributed by atoms with E-state index in [1.54, 1.807) is 5.82 Å². The van der Waals surface area contributed by atoms with Crippen LogP contribution < -0.4 is 4.57 Å². The van der Waals surface area contributed by atoms with Crippen LogP contribution in [-0.4, -0.2) is 4.57 Å². The van der Waals surface area contributed by atoms with Gasteiger partial charge in [-0.05, 0) is 32.1 Å². The summed E-state index contributed by atoms with van der Waals surface area (Å²) in [5.74, 6) is 1.60. The van der Waals surface area contributed by atoms with Crippen molar-refractivity contribution in [3.63, 3.8) is 0 Å². The largest absolute Gasteiger partial charge is 0.256 e. The van der Waals surface area contributed by atoms with E-state index in [0.29, 0.717) is 0 Å². The van der Waals surface area contributed by atoms with E-state index < -0.39 is 0 Å². The lowest BCUT2D eigenvalue weighted by molar-refractivity contribution is -0.704. The number of rotatable bonds is 32. The molecule has 0 radical (unpaired) electrons. The highest BCUT2D eigenvalue weighted by atomic mass is 15.1. The molecule has 0 amide bonds. The summed E-state index contributed by atoms with van der Waals surface area (Å²) in [4.78, 5) is 0. The molecule has 236 valence electrons. The molecular formula is C38H75N2+. The summed E-state index contributed by atoms with van der Waals surface area (Å²) in [6.07, 6.45) is 47.5. The summed E-state index contributed by atoms with van der Waals surface area (Å²) in [5.41, 5.74) is 0. The lowest BCUT2D eigenvalue weighted by Crippen LogP contribution is -2.37. The molecule has 0 aromatic carbocycles. The minimum atomic E-state index is 1.23. The Morgan fingerprint density at radius 2 is 0.775 bits per heavy atom. The lowest BCUT2D eigenvalue weighted by atomic mass is 10.0. The fraction of sp³-hybridized carbons (Fsp3) is 0.921. The molecule has 0 spiro atoms. The molecule has 0 atom stereocenters. The molecule has 0 aliphatic rings. The molecule has 1 rings (SSSR count). The van der Waals surface area contributed by atoms with Gasteiger partial charge in [-0.25, -0.2) is 9.13 Å². The van der Waals surface area contributed by atoms with Crippen molar-refractivity contribution in [2.24, 2.45) is 0 Å². The Morgan fingerprint density at radius 3 is 1.20 bits per heavy atom. The van der Waals surface area contributed by atoms with Crippen LogP contribution >= 0.6 is 0 Å². The monoisotopic (exact) mass is 560 g/mol. The molecule has 0 saturated carbocycles. The normalized spacial score (nSPS) is 11.6. The molecule has 2 nitrogen and oxygen atoms in total. The highest BCUT2D eigenvalue weighted by molar-refractivity contribution is 4.84. The van der Waals surface area contributed by atoms with E-state index in [-0.39, 0.29) is 0 Å². The van der Waals surface area contributed by atoms with E-state index in [4.69, 9.17) is 0 Å². The van der Waals surface area contributed by atoms with Crippen molar-refractivity contribution < 1.29 is 4.57 Å². The zero-order chi connectivity index (χ0) is 28.8. The van der Waals surface area contributed by atoms with Crippen molar-refractivity contribution in [3.05, 3.63) is 18.2 Å². The average Bonchev–Trinajstić information content (AvgIpc) is 3.35. The third kappa shape index (κ3) is 21.9. The second-order valence-electron chi connectivity index (χ2n) is 13.0. The number of aromatic nitrogens is 2. The summed E-state index contributed by atoms with van der Waals surface area (Å²) in [6, 6.07) is 0. The number of aryl methyl sites for hydroxylation is 2. The molecule has 2 heteroatoms. The molecule has 40 heavy (non-hydrogen) atoms. The maximum Gasteiger partial charge on any atom is 0.256 e. The third-order valence-corrected chi connectivity index (χ3v) is 9.10. The SMILES string of the molecule is CCCCCCCCCCCCCCCn1cc[n+](CCCCCCCCCCCCCCC)c1CCCCC. The quantitative estimate of drug-likeness (QED) is 0.0613. The zero-order valence-electron chi connectivity index (χ0n) is 28.2. The predicted octanol–water partition coefficient (Wildman–Crippen LogP) is 12.7. The van der Waals surface area contributed by atoms with Gasteiger partial charge in [0.25, 0.3) is 5.82 Å². The number of imidazole rings is 1. The van der Waals surface area contributed by atoms with E-state index in [0.717, 1.165) is 0 Å². The Morgan fingerprint density at radius 1 is 0.425 bits per heavy atom. The minimum absolute atomic E-state index is 1.23. The minimum Gasteiger partial charge on any atom is -0.234 e. The number of nitrogens with zero attached hydrogens (tertiary/aromatic N) is 2.